The summed E-state index contributed by atoms with van der Waals surface area (Å²) in [5.41, 5.74) is 1.64. The second-order valence-corrected chi connectivity index (χ2v) is 8.85. The van der Waals surface area contributed by atoms with Crippen LogP contribution in [0.5, 0.6) is 5.75 Å². The first-order valence-electron chi connectivity index (χ1n) is 11.1. The molecule has 1 fully saturated rings. The summed E-state index contributed by atoms with van der Waals surface area (Å²) in [6.45, 7) is 2.28. The van der Waals surface area contributed by atoms with E-state index in [2.05, 4.69) is 5.32 Å². The van der Waals surface area contributed by atoms with Crippen molar-refractivity contribution >= 4 is 34.8 Å². The quantitative estimate of drug-likeness (QED) is 0.471. The summed E-state index contributed by atoms with van der Waals surface area (Å²) in [6, 6.07) is 20.3. The van der Waals surface area contributed by atoms with Gasteiger partial charge in [-0.2, -0.15) is 0 Å². The van der Waals surface area contributed by atoms with Gasteiger partial charge in [0, 0.05) is 23.5 Å². The summed E-state index contributed by atoms with van der Waals surface area (Å²) in [4.78, 5) is 40.2. The number of nitrogens with zero attached hydrogens (tertiary/aromatic N) is 1. The van der Waals surface area contributed by atoms with Crippen LogP contribution >= 0.6 is 11.3 Å². The van der Waals surface area contributed by atoms with Crippen LogP contribution in [0.3, 0.4) is 0 Å². The van der Waals surface area contributed by atoms with Gasteiger partial charge >= 0.3 is 5.97 Å². The number of esters is 1. The minimum Gasteiger partial charge on any atom is -0.494 e. The molecule has 4 rings (SSSR count). The Bertz CT molecular complexity index is 1120. The SMILES string of the molecule is CCOc1ccc(N2CC(C(=O)OCC(=O)NC(c3ccccc3)c3cccs3)CC2=O)cc1. The molecule has 3 aromatic rings. The molecule has 0 bridgehead atoms. The molecule has 2 amide bonds. The minimum absolute atomic E-state index is 0.0511. The summed E-state index contributed by atoms with van der Waals surface area (Å²) in [5.74, 6) is -1.00. The maximum absolute atomic E-state index is 12.6. The van der Waals surface area contributed by atoms with Crippen molar-refractivity contribution in [2.24, 2.45) is 5.92 Å². The molecular weight excluding hydrogens is 452 g/mol. The third-order valence-electron chi connectivity index (χ3n) is 5.53. The number of carbonyl (C=O) groups excluding carboxylic acids is 3. The van der Waals surface area contributed by atoms with Crippen molar-refractivity contribution in [1.29, 1.82) is 0 Å². The van der Waals surface area contributed by atoms with Crippen molar-refractivity contribution in [3.05, 3.63) is 82.6 Å². The molecule has 8 heteroatoms. The lowest BCUT2D eigenvalue weighted by Crippen LogP contribution is -2.34. The molecule has 1 N–H and O–H groups in total. The predicted octanol–water partition coefficient (Wildman–Crippen LogP) is 3.95. The Morgan fingerprint density at radius 1 is 1.09 bits per heavy atom. The molecule has 1 aliphatic heterocycles. The molecule has 176 valence electrons. The van der Waals surface area contributed by atoms with Gasteiger partial charge in [0.15, 0.2) is 6.61 Å². The second kappa shape index (κ2) is 11.0. The molecule has 7 nitrogen and oxygen atoms in total. The van der Waals surface area contributed by atoms with Crippen molar-refractivity contribution in [2.75, 3.05) is 24.7 Å². The normalized spacial score (nSPS) is 16.2. The summed E-state index contributed by atoms with van der Waals surface area (Å²) < 4.78 is 10.7. The first kappa shape index (κ1) is 23.5. The molecule has 1 aromatic heterocycles. The van der Waals surface area contributed by atoms with E-state index in [0.29, 0.717) is 12.3 Å². The van der Waals surface area contributed by atoms with Crippen LogP contribution < -0.4 is 15.0 Å². The first-order chi connectivity index (χ1) is 16.5. The van der Waals surface area contributed by atoms with E-state index >= 15 is 0 Å². The molecule has 2 heterocycles. The molecule has 1 saturated heterocycles. The highest BCUT2D eigenvalue weighted by Gasteiger charge is 2.36. The van der Waals surface area contributed by atoms with Gasteiger partial charge in [-0.15, -0.1) is 11.3 Å². The zero-order valence-corrected chi connectivity index (χ0v) is 19.6. The smallest absolute Gasteiger partial charge is 0.311 e. The maximum Gasteiger partial charge on any atom is 0.311 e. The van der Waals surface area contributed by atoms with Gasteiger partial charge in [0.2, 0.25) is 5.91 Å². The summed E-state index contributed by atoms with van der Waals surface area (Å²) in [7, 11) is 0. The van der Waals surface area contributed by atoms with Crippen molar-refractivity contribution in [2.45, 2.75) is 19.4 Å². The highest BCUT2D eigenvalue weighted by Crippen LogP contribution is 2.28. The predicted molar refractivity (Wildman–Crippen MR) is 130 cm³/mol. The number of hydrogen-bond donors (Lipinski definition) is 1. The molecule has 34 heavy (non-hydrogen) atoms. The van der Waals surface area contributed by atoms with Crippen molar-refractivity contribution in [3.8, 4) is 5.75 Å². The van der Waals surface area contributed by atoms with Crippen LogP contribution in [0, 0.1) is 5.92 Å². The number of thiophene rings is 1. The number of anilines is 1. The molecule has 2 aromatic carbocycles. The Kier molecular flexibility index (Phi) is 7.59. The number of carbonyl (C=O) groups is 3. The van der Waals surface area contributed by atoms with E-state index in [-0.39, 0.29) is 24.9 Å². The lowest BCUT2D eigenvalue weighted by Gasteiger charge is -2.19. The molecular formula is C26H26N2O5S. The van der Waals surface area contributed by atoms with Crippen molar-refractivity contribution < 1.29 is 23.9 Å². The number of nitrogens with one attached hydrogen (secondary N) is 1. The van der Waals surface area contributed by atoms with E-state index in [1.807, 2.05) is 54.8 Å². The van der Waals surface area contributed by atoms with E-state index in [0.717, 1.165) is 16.2 Å². The highest BCUT2D eigenvalue weighted by atomic mass is 32.1. The number of rotatable bonds is 9. The van der Waals surface area contributed by atoms with Gasteiger partial charge < -0.3 is 19.7 Å². The van der Waals surface area contributed by atoms with E-state index in [1.54, 1.807) is 40.5 Å². The van der Waals surface area contributed by atoms with Crippen LogP contribution in [0.1, 0.15) is 29.8 Å². The fourth-order valence-electron chi connectivity index (χ4n) is 3.88. The summed E-state index contributed by atoms with van der Waals surface area (Å²) >= 11 is 1.54. The molecule has 1 aliphatic rings. The fraction of sp³-hybridized carbons (Fsp3) is 0.269. The Morgan fingerprint density at radius 2 is 1.85 bits per heavy atom. The van der Waals surface area contributed by atoms with Gasteiger partial charge in [-0.1, -0.05) is 36.4 Å². The second-order valence-electron chi connectivity index (χ2n) is 7.87. The van der Waals surface area contributed by atoms with Crippen LogP contribution in [0.2, 0.25) is 0 Å². The Hall–Kier alpha value is -3.65. The summed E-state index contributed by atoms with van der Waals surface area (Å²) in [5, 5.41) is 4.89. The number of benzene rings is 2. The first-order valence-corrected chi connectivity index (χ1v) is 12.0. The fourth-order valence-corrected chi connectivity index (χ4v) is 4.68. The average Bonchev–Trinajstić information content (AvgIpc) is 3.52. The molecule has 0 aliphatic carbocycles. The lowest BCUT2D eigenvalue weighted by atomic mass is 10.1. The Morgan fingerprint density at radius 3 is 2.53 bits per heavy atom. The van der Waals surface area contributed by atoms with Crippen LogP contribution in [0.4, 0.5) is 5.69 Å². The molecule has 0 radical (unpaired) electrons. The zero-order chi connectivity index (χ0) is 23.9. The largest absolute Gasteiger partial charge is 0.494 e. The Labute approximate surface area is 202 Å². The van der Waals surface area contributed by atoms with E-state index < -0.39 is 24.4 Å². The van der Waals surface area contributed by atoms with E-state index in [1.165, 1.54) is 0 Å². The van der Waals surface area contributed by atoms with Crippen LogP contribution in [-0.4, -0.2) is 37.5 Å². The van der Waals surface area contributed by atoms with Gasteiger partial charge in [-0.25, -0.2) is 0 Å². The van der Waals surface area contributed by atoms with Gasteiger partial charge in [0.05, 0.1) is 18.6 Å². The van der Waals surface area contributed by atoms with Gasteiger partial charge in [-0.05, 0) is 48.2 Å². The van der Waals surface area contributed by atoms with Gasteiger partial charge in [0.25, 0.3) is 5.91 Å². The van der Waals surface area contributed by atoms with Gasteiger partial charge in [-0.3, -0.25) is 14.4 Å². The molecule has 2 unspecified atom stereocenters. The minimum atomic E-state index is -0.617. The Balaban J connectivity index is 1.32. The monoisotopic (exact) mass is 478 g/mol. The maximum atomic E-state index is 12.6. The number of hydrogen-bond acceptors (Lipinski definition) is 6. The molecule has 0 saturated carbocycles. The zero-order valence-electron chi connectivity index (χ0n) is 18.8. The lowest BCUT2D eigenvalue weighted by molar-refractivity contribution is -0.152. The molecule has 0 spiro atoms. The third kappa shape index (κ3) is 5.63. The van der Waals surface area contributed by atoms with Crippen molar-refractivity contribution in [1.82, 2.24) is 5.32 Å². The number of ether oxygens (including phenoxy) is 2. The summed E-state index contributed by atoms with van der Waals surface area (Å²) in [6.07, 6.45) is 0.0511. The topological polar surface area (TPSA) is 84.9 Å². The molecule has 2 atom stereocenters. The van der Waals surface area contributed by atoms with Crippen molar-refractivity contribution in [3.63, 3.8) is 0 Å². The van der Waals surface area contributed by atoms with Crippen LogP contribution in [0.25, 0.3) is 0 Å². The van der Waals surface area contributed by atoms with Crippen LogP contribution in [-0.2, 0) is 19.1 Å². The van der Waals surface area contributed by atoms with Gasteiger partial charge in [0.1, 0.15) is 5.75 Å². The third-order valence-corrected chi connectivity index (χ3v) is 6.47. The standard InChI is InChI=1S/C26H26N2O5S/c1-2-32-21-12-10-20(11-13-21)28-16-19(15-24(28)30)26(31)33-17-23(29)27-25(22-9-6-14-34-22)18-7-4-3-5-8-18/h3-14,19,25H,2,15-17H2,1H3,(H,27,29). The highest BCUT2D eigenvalue weighted by molar-refractivity contribution is 7.10. The van der Waals surface area contributed by atoms with E-state index in [9.17, 15) is 14.4 Å². The number of amides is 2. The van der Waals surface area contributed by atoms with Crippen LogP contribution in [0.15, 0.2) is 72.1 Å². The van der Waals surface area contributed by atoms with E-state index in [4.69, 9.17) is 9.47 Å². The average molecular weight is 479 g/mol.